The summed E-state index contributed by atoms with van der Waals surface area (Å²) in [7, 11) is 0. The number of phenolic OH excluding ortho intramolecular Hbond substituents is 1. The van der Waals surface area contributed by atoms with Crippen LogP contribution in [0.25, 0.3) is 0 Å². The summed E-state index contributed by atoms with van der Waals surface area (Å²) in [6.07, 6.45) is 2.42. The third-order valence-electron chi connectivity index (χ3n) is 3.32. The van der Waals surface area contributed by atoms with Crippen molar-refractivity contribution >= 4 is 0 Å². The topological polar surface area (TPSA) is 32.3 Å². The van der Waals surface area contributed by atoms with Crippen molar-refractivity contribution in [3.8, 4) is 5.75 Å². The lowest BCUT2D eigenvalue weighted by Crippen LogP contribution is -2.26. The van der Waals surface area contributed by atoms with Gasteiger partial charge in [-0.05, 0) is 62.4 Å². The molecular formula is C13H19NO. The summed E-state index contributed by atoms with van der Waals surface area (Å²) in [6, 6.07) is 4.27. The van der Waals surface area contributed by atoms with Crippen LogP contribution in [0.3, 0.4) is 0 Å². The third kappa shape index (κ3) is 2.15. The van der Waals surface area contributed by atoms with Gasteiger partial charge in [0.25, 0.3) is 0 Å². The van der Waals surface area contributed by atoms with Crippen molar-refractivity contribution in [2.45, 2.75) is 32.6 Å². The highest BCUT2D eigenvalue weighted by Crippen LogP contribution is 2.31. The zero-order valence-corrected chi connectivity index (χ0v) is 9.51. The molecule has 1 aromatic carbocycles. The predicted octanol–water partition coefficient (Wildman–Crippen LogP) is 2.48. The van der Waals surface area contributed by atoms with Crippen molar-refractivity contribution in [3.63, 3.8) is 0 Å². The maximum absolute atomic E-state index is 9.72. The zero-order chi connectivity index (χ0) is 10.8. The number of hydrogen-bond acceptors (Lipinski definition) is 2. The second-order valence-corrected chi connectivity index (χ2v) is 4.53. The Morgan fingerprint density at radius 1 is 1.13 bits per heavy atom. The number of aryl methyl sites for hydroxylation is 2. The van der Waals surface area contributed by atoms with Crippen molar-refractivity contribution in [1.29, 1.82) is 0 Å². The number of rotatable bonds is 1. The Bertz CT molecular complexity index is 331. The van der Waals surface area contributed by atoms with E-state index in [1.165, 1.54) is 18.4 Å². The Kier molecular flexibility index (Phi) is 2.96. The maximum Gasteiger partial charge on any atom is 0.121 e. The Balaban J connectivity index is 2.27. The standard InChI is InChI=1S/C13H19NO/c1-9-7-12(8-10(2)13(9)15)11-3-5-14-6-4-11/h7-8,11,14-15H,3-6H2,1-2H3. The molecule has 1 saturated heterocycles. The summed E-state index contributed by atoms with van der Waals surface area (Å²) in [5.74, 6) is 1.12. The summed E-state index contributed by atoms with van der Waals surface area (Å²) in [6.45, 7) is 6.19. The second-order valence-electron chi connectivity index (χ2n) is 4.53. The Labute approximate surface area is 91.3 Å². The average Bonchev–Trinajstić information content (AvgIpc) is 2.26. The van der Waals surface area contributed by atoms with E-state index in [-0.39, 0.29) is 0 Å². The molecule has 1 aliphatic rings. The van der Waals surface area contributed by atoms with Gasteiger partial charge in [-0.2, -0.15) is 0 Å². The van der Waals surface area contributed by atoms with E-state index in [0.29, 0.717) is 11.7 Å². The largest absolute Gasteiger partial charge is 0.507 e. The van der Waals surface area contributed by atoms with Crippen LogP contribution < -0.4 is 5.32 Å². The lowest BCUT2D eigenvalue weighted by molar-refractivity contribution is 0.453. The molecule has 0 radical (unpaired) electrons. The lowest BCUT2D eigenvalue weighted by atomic mass is 9.88. The number of piperidine rings is 1. The molecule has 0 aliphatic carbocycles. The van der Waals surface area contributed by atoms with Crippen LogP contribution in [0.1, 0.15) is 35.4 Å². The van der Waals surface area contributed by atoms with Gasteiger partial charge in [0.1, 0.15) is 5.75 Å². The summed E-state index contributed by atoms with van der Waals surface area (Å²) >= 11 is 0. The highest BCUT2D eigenvalue weighted by Gasteiger charge is 2.16. The summed E-state index contributed by atoms with van der Waals surface area (Å²) in [4.78, 5) is 0. The quantitative estimate of drug-likeness (QED) is 0.738. The molecule has 2 rings (SSSR count). The number of hydrogen-bond donors (Lipinski definition) is 2. The SMILES string of the molecule is Cc1cc(C2CCNCC2)cc(C)c1O. The molecular weight excluding hydrogens is 186 g/mol. The van der Waals surface area contributed by atoms with Gasteiger partial charge in [0.05, 0.1) is 0 Å². The Morgan fingerprint density at radius 3 is 2.20 bits per heavy atom. The van der Waals surface area contributed by atoms with Crippen LogP contribution in [0.5, 0.6) is 5.75 Å². The van der Waals surface area contributed by atoms with E-state index >= 15 is 0 Å². The third-order valence-corrected chi connectivity index (χ3v) is 3.32. The van der Waals surface area contributed by atoms with E-state index in [0.717, 1.165) is 24.2 Å². The first kappa shape index (κ1) is 10.5. The highest BCUT2D eigenvalue weighted by atomic mass is 16.3. The minimum absolute atomic E-state index is 0.452. The number of nitrogens with one attached hydrogen (secondary N) is 1. The molecule has 1 heterocycles. The molecule has 0 amide bonds. The van der Waals surface area contributed by atoms with Gasteiger partial charge in [0.2, 0.25) is 0 Å². The van der Waals surface area contributed by atoms with Gasteiger partial charge in [-0.3, -0.25) is 0 Å². The molecule has 1 aliphatic heterocycles. The second kappa shape index (κ2) is 4.23. The minimum atomic E-state index is 0.452. The first-order valence-corrected chi connectivity index (χ1v) is 5.69. The molecule has 2 heteroatoms. The molecule has 0 unspecified atom stereocenters. The lowest BCUT2D eigenvalue weighted by Gasteiger charge is -2.24. The van der Waals surface area contributed by atoms with Crippen molar-refractivity contribution in [2.24, 2.45) is 0 Å². The summed E-state index contributed by atoms with van der Waals surface area (Å²) < 4.78 is 0. The van der Waals surface area contributed by atoms with Crippen LogP contribution in [0.15, 0.2) is 12.1 Å². The molecule has 0 saturated carbocycles. The van der Waals surface area contributed by atoms with Crippen LogP contribution in [0, 0.1) is 13.8 Å². The predicted molar refractivity (Wildman–Crippen MR) is 62.4 cm³/mol. The molecule has 2 N–H and O–H groups in total. The van der Waals surface area contributed by atoms with Gasteiger partial charge in [0, 0.05) is 0 Å². The summed E-state index contributed by atoms with van der Waals surface area (Å²) in [5.41, 5.74) is 3.40. The van der Waals surface area contributed by atoms with Crippen molar-refractivity contribution in [2.75, 3.05) is 13.1 Å². The fraction of sp³-hybridized carbons (Fsp3) is 0.538. The Hall–Kier alpha value is -1.02. The monoisotopic (exact) mass is 205 g/mol. The molecule has 0 spiro atoms. The number of phenols is 1. The molecule has 82 valence electrons. The molecule has 2 nitrogen and oxygen atoms in total. The van der Waals surface area contributed by atoms with Gasteiger partial charge in [-0.25, -0.2) is 0 Å². The van der Waals surface area contributed by atoms with E-state index in [9.17, 15) is 5.11 Å². The molecule has 0 atom stereocenters. The Morgan fingerprint density at radius 2 is 1.67 bits per heavy atom. The van der Waals surface area contributed by atoms with E-state index < -0.39 is 0 Å². The van der Waals surface area contributed by atoms with Gasteiger partial charge in [-0.1, -0.05) is 12.1 Å². The average molecular weight is 205 g/mol. The van der Waals surface area contributed by atoms with Crippen molar-refractivity contribution in [3.05, 3.63) is 28.8 Å². The normalized spacial score (nSPS) is 18.0. The van der Waals surface area contributed by atoms with E-state index in [1.54, 1.807) is 0 Å². The number of aromatic hydroxyl groups is 1. The van der Waals surface area contributed by atoms with E-state index in [1.807, 2.05) is 13.8 Å². The molecule has 1 fully saturated rings. The summed E-state index contributed by atoms with van der Waals surface area (Å²) in [5, 5.41) is 13.1. The van der Waals surface area contributed by atoms with Crippen LogP contribution in [-0.2, 0) is 0 Å². The first-order valence-electron chi connectivity index (χ1n) is 5.69. The van der Waals surface area contributed by atoms with Crippen LogP contribution in [-0.4, -0.2) is 18.2 Å². The molecule has 0 bridgehead atoms. The molecule has 0 aromatic heterocycles. The molecule has 1 aromatic rings. The van der Waals surface area contributed by atoms with Gasteiger partial charge in [-0.15, -0.1) is 0 Å². The van der Waals surface area contributed by atoms with Crippen molar-refractivity contribution < 1.29 is 5.11 Å². The smallest absolute Gasteiger partial charge is 0.121 e. The minimum Gasteiger partial charge on any atom is -0.507 e. The van der Waals surface area contributed by atoms with E-state index in [4.69, 9.17) is 0 Å². The highest BCUT2D eigenvalue weighted by molar-refractivity contribution is 5.43. The van der Waals surface area contributed by atoms with Gasteiger partial charge in [0.15, 0.2) is 0 Å². The zero-order valence-electron chi connectivity index (χ0n) is 9.51. The van der Waals surface area contributed by atoms with Gasteiger partial charge < -0.3 is 10.4 Å². The number of benzene rings is 1. The molecule has 15 heavy (non-hydrogen) atoms. The first-order chi connectivity index (χ1) is 7.18. The van der Waals surface area contributed by atoms with E-state index in [2.05, 4.69) is 17.4 Å². The van der Waals surface area contributed by atoms with Crippen molar-refractivity contribution in [1.82, 2.24) is 5.32 Å². The fourth-order valence-corrected chi connectivity index (χ4v) is 2.38. The fourth-order valence-electron chi connectivity index (χ4n) is 2.38. The van der Waals surface area contributed by atoms with Gasteiger partial charge >= 0.3 is 0 Å². The van der Waals surface area contributed by atoms with Crippen LogP contribution in [0.4, 0.5) is 0 Å². The maximum atomic E-state index is 9.72. The van der Waals surface area contributed by atoms with Crippen LogP contribution in [0.2, 0.25) is 0 Å². The van der Waals surface area contributed by atoms with Crippen LogP contribution >= 0.6 is 0 Å².